The Bertz CT molecular complexity index is 768. The number of para-hydroxylation sites is 1. The van der Waals surface area contributed by atoms with Crippen LogP contribution < -0.4 is 16.0 Å². The van der Waals surface area contributed by atoms with Crippen LogP contribution in [0.15, 0.2) is 54.6 Å². The summed E-state index contributed by atoms with van der Waals surface area (Å²) in [6, 6.07) is 16.1. The molecule has 26 heavy (non-hydrogen) atoms. The van der Waals surface area contributed by atoms with Crippen molar-refractivity contribution in [3.05, 3.63) is 65.7 Å². The second-order valence-corrected chi connectivity index (χ2v) is 7.11. The molecule has 0 radical (unpaired) electrons. The Morgan fingerprint density at radius 1 is 0.962 bits per heavy atom. The SMILES string of the molecule is CC1(CNC(=O)c2ccccc2NC(=O)c2ccccc2)CCNCC1. The predicted molar refractivity (Wildman–Crippen MR) is 103 cm³/mol. The van der Waals surface area contributed by atoms with Gasteiger partial charge in [0.1, 0.15) is 0 Å². The van der Waals surface area contributed by atoms with Gasteiger partial charge in [-0.1, -0.05) is 37.3 Å². The van der Waals surface area contributed by atoms with Crippen molar-refractivity contribution < 1.29 is 9.59 Å². The Hall–Kier alpha value is -2.66. The van der Waals surface area contributed by atoms with Crippen LogP contribution in [0.4, 0.5) is 5.69 Å². The minimum Gasteiger partial charge on any atom is -0.351 e. The zero-order valence-electron chi connectivity index (χ0n) is 15.0. The van der Waals surface area contributed by atoms with Crippen molar-refractivity contribution in [1.29, 1.82) is 0 Å². The van der Waals surface area contributed by atoms with Gasteiger partial charge in [-0.15, -0.1) is 0 Å². The van der Waals surface area contributed by atoms with Crippen LogP contribution in [-0.4, -0.2) is 31.4 Å². The molecule has 0 atom stereocenters. The van der Waals surface area contributed by atoms with Gasteiger partial charge in [0.2, 0.25) is 0 Å². The molecule has 0 spiro atoms. The topological polar surface area (TPSA) is 70.2 Å². The lowest BCUT2D eigenvalue weighted by molar-refractivity contribution is 0.0923. The van der Waals surface area contributed by atoms with Gasteiger partial charge in [0.15, 0.2) is 0 Å². The van der Waals surface area contributed by atoms with Crippen molar-refractivity contribution in [3.8, 4) is 0 Å². The van der Waals surface area contributed by atoms with Gasteiger partial charge in [0.05, 0.1) is 11.3 Å². The first kappa shape index (κ1) is 18.1. The van der Waals surface area contributed by atoms with Crippen molar-refractivity contribution in [2.24, 2.45) is 5.41 Å². The number of amides is 2. The molecule has 0 bridgehead atoms. The molecule has 1 fully saturated rings. The average molecular weight is 351 g/mol. The molecule has 5 nitrogen and oxygen atoms in total. The Morgan fingerprint density at radius 3 is 2.35 bits per heavy atom. The smallest absolute Gasteiger partial charge is 0.255 e. The number of anilines is 1. The van der Waals surface area contributed by atoms with Crippen LogP contribution >= 0.6 is 0 Å². The highest BCUT2D eigenvalue weighted by Crippen LogP contribution is 2.27. The lowest BCUT2D eigenvalue weighted by Gasteiger charge is -2.34. The highest BCUT2D eigenvalue weighted by atomic mass is 16.2. The van der Waals surface area contributed by atoms with Crippen LogP contribution in [0, 0.1) is 5.41 Å². The Labute approximate surface area is 154 Å². The predicted octanol–water partition coefficient (Wildman–Crippen LogP) is 3.06. The van der Waals surface area contributed by atoms with E-state index in [0.717, 1.165) is 25.9 Å². The standard InChI is InChI=1S/C21H25N3O2/c1-21(11-13-22-14-12-21)15-23-20(26)17-9-5-6-10-18(17)24-19(25)16-7-3-2-4-8-16/h2-10,22H,11-15H2,1H3,(H,23,26)(H,24,25). The fraction of sp³-hybridized carbons (Fsp3) is 0.333. The van der Waals surface area contributed by atoms with Gasteiger partial charge in [0, 0.05) is 12.1 Å². The first-order valence-corrected chi connectivity index (χ1v) is 9.02. The minimum absolute atomic E-state index is 0.114. The quantitative estimate of drug-likeness (QED) is 0.775. The van der Waals surface area contributed by atoms with Gasteiger partial charge in [-0.25, -0.2) is 0 Å². The number of piperidine rings is 1. The number of benzene rings is 2. The first-order valence-electron chi connectivity index (χ1n) is 9.02. The number of nitrogens with one attached hydrogen (secondary N) is 3. The summed E-state index contributed by atoms with van der Waals surface area (Å²) in [6.45, 7) is 4.80. The second kappa shape index (κ2) is 8.15. The molecule has 0 saturated carbocycles. The fourth-order valence-electron chi connectivity index (χ4n) is 3.17. The van der Waals surface area contributed by atoms with Crippen molar-refractivity contribution >= 4 is 17.5 Å². The zero-order valence-corrected chi connectivity index (χ0v) is 15.0. The van der Waals surface area contributed by atoms with Crippen LogP contribution in [0.25, 0.3) is 0 Å². The van der Waals surface area contributed by atoms with Gasteiger partial charge in [0.25, 0.3) is 11.8 Å². The molecule has 5 heteroatoms. The Morgan fingerprint density at radius 2 is 1.62 bits per heavy atom. The summed E-state index contributed by atoms with van der Waals surface area (Å²) in [5, 5.41) is 9.24. The largest absolute Gasteiger partial charge is 0.351 e. The van der Waals surface area contributed by atoms with Gasteiger partial charge >= 0.3 is 0 Å². The molecule has 0 unspecified atom stereocenters. The lowest BCUT2D eigenvalue weighted by Crippen LogP contribution is -2.43. The number of hydrogen-bond acceptors (Lipinski definition) is 3. The third-order valence-corrected chi connectivity index (χ3v) is 4.94. The van der Waals surface area contributed by atoms with Crippen LogP contribution in [-0.2, 0) is 0 Å². The summed E-state index contributed by atoms with van der Waals surface area (Å²) in [5.41, 5.74) is 1.68. The second-order valence-electron chi connectivity index (χ2n) is 7.11. The lowest BCUT2D eigenvalue weighted by atomic mass is 9.81. The third-order valence-electron chi connectivity index (χ3n) is 4.94. The van der Waals surface area contributed by atoms with E-state index in [0.29, 0.717) is 23.4 Å². The number of carbonyl (C=O) groups excluding carboxylic acids is 2. The molecule has 2 amide bonds. The summed E-state index contributed by atoms with van der Waals surface area (Å²) >= 11 is 0. The third kappa shape index (κ3) is 4.49. The highest BCUT2D eigenvalue weighted by Gasteiger charge is 2.27. The van der Waals surface area contributed by atoms with E-state index < -0.39 is 0 Å². The van der Waals surface area contributed by atoms with E-state index in [-0.39, 0.29) is 17.2 Å². The fourth-order valence-corrected chi connectivity index (χ4v) is 3.17. The molecule has 1 heterocycles. The molecule has 2 aromatic carbocycles. The molecule has 0 aromatic heterocycles. The number of hydrogen-bond donors (Lipinski definition) is 3. The molecule has 3 rings (SSSR count). The van der Waals surface area contributed by atoms with Crippen LogP contribution in [0.1, 0.15) is 40.5 Å². The number of rotatable bonds is 5. The summed E-state index contributed by atoms with van der Waals surface area (Å²) in [7, 11) is 0. The van der Waals surface area contributed by atoms with Crippen molar-refractivity contribution in [2.75, 3.05) is 25.0 Å². The molecular formula is C21H25N3O2. The molecule has 1 aliphatic heterocycles. The van der Waals surface area contributed by atoms with E-state index in [2.05, 4.69) is 22.9 Å². The maximum Gasteiger partial charge on any atom is 0.255 e. The van der Waals surface area contributed by atoms with Crippen LogP contribution in [0.5, 0.6) is 0 Å². The van der Waals surface area contributed by atoms with Gasteiger partial charge < -0.3 is 16.0 Å². The van der Waals surface area contributed by atoms with Crippen molar-refractivity contribution in [1.82, 2.24) is 10.6 Å². The molecule has 1 aliphatic rings. The van der Waals surface area contributed by atoms with Crippen LogP contribution in [0.2, 0.25) is 0 Å². The average Bonchev–Trinajstić information content (AvgIpc) is 2.68. The highest BCUT2D eigenvalue weighted by molar-refractivity contribution is 6.08. The van der Waals surface area contributed by atoms with Crippen molar-refractivity contribution in [2.45, 2.75) is 19.8 Å². The maximum atomic E-state index is 12.7. The Balaban J connectivity index is 1.68. The zero-order chi connectivity index (χ0) is 18.4. The molecule has 1 saturated heterocycles. The van der Waals surface area contributed by atoms with E-state index in [9.17, 15) is 9.59 Å². The Kier molecular flexibility index (Phi) is 5.68. The summed E-state index contributed by atoms with van der Waals surface area (Å²) in [6.07, 6.45) is 2.08. The molecule has 3 N–H and O–H groups in total. The monoisotopic (exact) mass is 351 g/mol. The molecule has 136 valence electrons. The summed E-state index contributed by atoms with van der Waals surface area (Å²) < 4.78 is 0. The number of carbonyl (C=O) groups is 2. The van der Waals surface area contributed by atoms with Gasteiger partial charge in [-0.2, -0.15) is 0 Å². The summed E-state index contributed by atoms with van der Waals surface area (Å²) in [4.78, 5) is 25.1. The van der Waals surface area contributed by atoms with Crippen molar-refractivity contribution in [3.63, 3.8) is 0 Å². The van der Waals surface area contributed by atoms with Crippen LogP contribution in [0.3, 0.4) is 0 Å². The molecule has 0 aliphatic carbocycles. The first-order chi connectivity index (χ1) is 12.6. The normalized spacial score (nSPS) is 15.9. The summed E-state index contributed by atoms with van der Waals surface area (Å²) in [5.74, 6) is -0.384. The maximum absolute atomic E-state index is 12.7. The van der Waals surface area contributed by atoms with E-state index in [4.69, 9.17) is 0 Å². The van der Waals surface area contributed by atoms with E-state index in [1.165, 1.54) is 0 Å². The van der Waals surface area contributed by atoms with E-state index in [1.54, 1.807) is 30.3 Å². The molecular weight excluding hydrogens is 326 g/mol. The van der Waals surface area contributed by atoms with Gasteiger partial charge in [-0.3, -0.25) is 9.59 Å². The minimum atomic E-state index is -0.226. The van der Waals surface area contributed by atoms with E-state index in [1.807, 2.05) is 24.3 Å². The van der Waals surface area contributed by atoms with E-state index >= 15 is 0 Å². The molecule has 2 aromatic rings. The van der Waals surface area contributed by atoms with Gasteiger partial charge in [-0.05, 0) is 55.6 Å².